The summed E-state index contributed by atoms with van der Waals surface area (Å²) in [6.07, 6.45) is 4.77. The van der Waals surface area contributed by atoms with Gasteiger partial charge in [0.15, 0.2) is 0 Å². The van der Waals surface area contributed by atoms with E-state index in [0.717, 1.165) is 6.54 Å². The van der Waals surface area contributed by atoms with E-state index in [9.17, 15) is 4.79 Å². The molecule has 1 amide bonds. The standard InChI is InChI=1S/C12H19N3O/c1-11(2)9(12(11,3)4)7-14-10(16)15-6-5-13-8-15/h5-6,8-9H,7H2,1-4H3,(H,14,16). The Bertz CT molecular complexity index is 378. The van der Waals surface area contributed by atoms with E-state index in [4.69, 9.17) is 0 Å². The van der Waals surface area contributed by atoms with Crippen LogP contribution in [0, 0.1) is 16.7 Å². The number of aromatic nitrogens is 2. The number of hydrogen-bond donors (Lipinski definition) is 1. The van der Waals surface area contributed by atoms with Crippen molar-refractivity contribution >= 4 is 6.03 Å². The molecule has 1 heterocycles. The molecule has 0 bridgehead atoms. The predicted octanol–water partition coefficient (Wildman–Crippen LogP) is 2.12. The van der Waals surface area contributed by atoms with Gasteiger partial charge in [-0.3, -0.25) is 4.57 Å². The van der Waals surface area contributed by atoms with E-state index in [1.807, 2.05) is 0 Å². The molecule has 4 nitrogen and oxygen atoms in total. The van der Waals surface area contributed by atoms with Gasteiger partial charge >= 0.3 is 6.03 Å². The molecule has 1 N–H and O–H groups in total. The first-order valence-electron chi connectivity index (χ1n) is 5.63. The van der Waals surface area contributed by atoms with Gasteiger partial charge in [0, 0.05) is 18.9 Å². The minimum Gasteiger partial charge on any atom is -0.337 e. The molecule has 0 spiro atoms. The maximum atomic E-state index is 11.7. The van der Waals surface area contributed by atoms with Gasteiger partial charge in [0.2, 0.25) is 0 Å². The predicted molar refractivity (Wildman–Crippen MR) is 62.1 cm³/mol. The Labute approximate surface area is 96.1 Å². The van der Waals surface area contributed by atoms with Gasteiger partial charge in [-0.25, -0.2) is 9.78 Å². The first-order chi connectivity index (χ1) is 7.37. The van der Waals surface area contributed by atoms with E-state index >= 15 is 0 Å². The summed E-state index contributed by atoms with van der Waals surface area (Å²) in [4.78, 5) is 15.5. The van der Waals surface area contributed by atoms with Crippen LogP contribution in [0.2, 0.25) is 0 Å². The number of carbonyl (C=O) groups excluding carboxylic acids is 1. The molecule has 2 rings (SSSR count). The van der Waals surface area contributed by atoms with E-state index in [1.54, 1.807) is 12.4 Å². The van der Waals surface area contributed by atoms with Crippen molar-refractivity contribution in [3.8, 4) is 0 Å². The van der Waals surface area contributed by atoms with Gasteiger partial charge < -0.3 is 5.32 Å². The Morgan fingerprint density at radius 1 is 1.38 bits per heavy atom. The molecule has 1 saturated carbocycles. The molecular weight excluding hydrogens is 202 g/mol. The smallest absolute Gasteiger partial charge is 0.326 e. The van der Waals surface area contributed by atoms with Crippen LogP contribution < -0.4 is 5.32 Å². The van der Waals surface area contributed by atoms with Crippen molar-refractivity contribution in [2.45, 2.75) is 27.7 Å². The Morgan fingerprint density at radius 2 is 2.00 bits per heavy atom. The fraction of sp³-hybridized carbons (Fsp3) is 0.667. The SMILES string of the molecule is CC1(C)C(CNC(=O)n2ccnc2)C1(C)C. The fourth-order valence-electron chi connectivity index (χ4n) is 2.50. The molecule has 1 aliphatic rings. The van der Waals surface area contributed by atoms with Crippen molar-refractivity contribution in [2.24, 2.45) is 16.7 Å². The van der Waals surface area contributed by atoms with Crippen LogP contribution in [0.25, 0.3) is 0 Å². The zero-order chi connectivity index (χ0) is 12.0. The molecule has 4 heteroatoms. The lowest BCUT2D eigenvalue weighted by molar-refractivity contribution is 0.241. The molecule has 1 fully saturated rings. The molecule has 1 aromatic rings. The fourth-order valence-corrected chi connectivity index (χ4v) is 2.50. The number of imidazole rings is 1. The van der Waals surface area contributed by atoms with Crippen molar-refractivity contribution in [3.63, 3.8) is 0 Å². The van der Waals surface area contributed by atoms with Crippen LogP contribution in [0.4, 0.5) is 4.79 Å². The number of hydrogen-bond acceptors (Lipinski definition) is 2. The highest BCUT2D eigenvalue weighted by Gasteiger charge is 2.64. The molecule has 0 saturated heterocycles. The molecule has 0 unspecified atom stereocenters. The van der Waals surface area contributed by atoms with Crippen LogP contribution >= 0.6 is 0 Å². The molecule has 1 aliphatic carbocycles. The molecule has 88 valence electrons. The second-order valence-corrected chi connectivity index (χ2v) is 5.65. The highest BCUT2D eigenvalue weighted by Crippen LogP contribution is 2.67. The van der Waals surface area contributed by atoms with Crippen molar-refractivity contribution < 1.29 is 4.79 Å². The average Bonchev–Trinajstić information content (AvgIpc) is 2.66. The van der Waals surface area contributed by atoms with Crippen LogP contribution in [0.15, 0.2) is 18.7 Å². The summed E-state index contributed by atoms with van der Waals surface area (Å²) in [5.41, 5.74) is 0.629. The average molecular weight is 221 g/mol. The number of nitrogens with one attached hydrogen (secondary N) is 1. The van der Waals surface area contributed by atoms with E-state index in [1.165, 1.54) is 10.9 Å². The van der Waals surface area contributed by atoms with Crippen molar-refractivity contribution in [1.29, 1.82) is 0 Å². The van der Waals surface area contributed by atoms with Gasteiger partial charge in [-0.1, -0.05) is 27.7 Å². The zero-order valence-electron chi connectivity index (χ0n) is 10.3. The van der Waals surface area contributed by atoms with Gasteiger partial charge in [-0.05, 0) is 16.7 Å². The normalized spacial score (nSPS) is 21.8. The quantitative estimate of drug-likeness (QED) is 0.831. The molecular formula is C12H19N3O. The lowest BCUT2D eigenvalue weighted by atomic mass is 10.0. The largest absolute Gasteiger partial charge is 0.337 e. The van der Waals surface area contributed by atoms with Crippen LogP contribution in [-0.4, -0.2) is 22.1 Å². The molecule has 0 radical (unpaired) electrons. The number of amides is 1. The van der Waals surface area contributed by atoms with Crippen LogP contribution in [-0.2, 0) is 0 Å². The Balaban J connectivity index is 1.89. The maximum absolute atomic E-state index is 11.7. The Morgan fingerprint density at radius 3 is 2.44 bits per heavy atom. The van der Waals surface area contributed by atoms with Crippen LogP contribution in [0.3, 0.4) is 0 Å². The summed E-state index contributed by atoms with van der Waals surface area (Å²) in [7, 11) is 0. The molecule has 1 aromatic heterocycles. The van der Waals surface area contributed by atoms with Crippen molar-refractivity contribution in [2.75, 3.05) is 6.54 Å². The second-order valence-electron chi connectivity index (χ2n) is 5.65. The highest BCUT2D eigenvalue weighted by molar-refractivity contribution is 5.76. The maximum Gasteiger partial charge on any atom is 0.326 e. The monoisotopic (exact) mass is 221 g/mol. The molecule has 16 heavy (non-hydrogen) atoms. The molecule has 0 aromatic carbocycles. The highest BCUT2D eigenvalue weighted by atomic mass is 16.2. The second kappa shape index (κ2) is 3.34. The molecule has 0 atom stereocenters. The van der Waals surface area contributed by atoms with Gasteiger partial charge in [-0.15, -0.1) is 0 Å². The van der Waals surface area contributed by atoms with Crippen molar-refractivity contribution in [1.82, 2.24) is 14.9 Å². The van der Waals surface area contributed by atoms with Gasteiger partial charge in [-0.2, -0.15) is 0 Å². The Kier molecular flexibility index (Phi) is 2.33. The van der Waals surface area contributed by atoms with Gasteiger partial charge in [0.05, 0.1) is 0 Å². The number of nitrogens with zero attached hydrogens (tertiary/aromatic N) is 2. The van der Waals surface area contributed by atoms with Crippen LogP contribution in [0.5, 0.6) is 0 Å². The lowest BCUT2D eigenvalue weighted by Crippen LogP contribution is -2.30. The van der Waals surface area contributed by atoms with Gasteiger partial charge in [0.1, 0.15) is 6.33 Å². The van der Waals surface area contributed by atoms with E-state index < -0.39 is 0 Å². The third-order valence-corrected chi connectivity index (χ3v) is 4.52. The van der Waals surface area contributed by atoms with E-state index in [2.05, 4.69) is 38.0 Å². The first kappa shape index (κ1) is 11.2. The summed E-state index contributed by atoms with van der Waals surface area (Å²) in [5, 5.41) is 2.94. The van der Waals surface area contributed by atoms with Crippen LogP contribution in [0.1, 0.15) is 27.7 Å². The van der Waals surface area contributed by atoms with E-state index in [-0.39, 0.29) is 6.03 Å². The first-order valence-corrected chi connectivity index (χ1v) is 5.63. The third-order valence-electron chi connectivity index (χ3n) is 4.52. The summed E-state index contributed by atoms with van der Waals surface area (Å²) in [6.45, 7) is 9.74. The van der Waals surface area contributed by atoms with Crippen molar-refractivity contribution in [3.05, 3.63) is 18.7 Å². The molecule has 0 aliphatic heterocycles. The lowest BCUT2D eigenvalue weighted by Gasteiger charge is -2.06. The zero-order valence-corrected chi connectivity index (χ0v) is 10.3. The minimum absolute atomic E-state index is 0.101. The third kappa shape index (κ3) is 1.52. The number of rotatable bonds is 2. The van der Waals surface area contributed by atoms with Gasteiger partial charge in [0.25, 0.3) is 0 Å². The number of carbonyl (C=O) groups is 1. The summed E-state index contributed by atoms with van der Waals surface area (Å²) < 4.78 is 1.46. The topological polar surface area (TPSA) is 46.9 Å². The van der Waals surface area contributed by atoms with E-state index in [0.29, 0.717) is 16.7 Å². The minimum atomic E-state index is -0.101. The Hall–Kier alpha value is -1.32. The summed E-state index contributed by atoms with van der Waals surface area (Å²) in [6, 6.07) is -0.101. The summed E-state index contributed by atoms with van der Waals surface area (Å²) >= 11 is 0. The summed E-state index contributed by atoms with van der Waals surface area (Å²) in [5.74, 6) is 0.549.